The van der Waals surface area contributed by atoms with Crippen molar-refractivity contribution < 1.29 is 18.6 Å². The Hall–Kier alpha value is -3.09. The minimum atomic E-state index is -0.183. The van der Waals surface area contributed by atoms with Gasteiger partial charge in [-0.15, -0.1) is 0 Å². The third kappa shape index (κ3) is 3.40. The maximum atomic E-state index is 13.0. The van der Waals surface area contributed by atoms with Gasteiger partial charge in [0.05, 0.1) is 18.8 Å². The molecular weight excluding hydrogens is 358 g/mol. The summed E-state index contributed by atoms with van der Waals surface area (Å²) in [5.74, 6) is 1.81. The van der Waals surface area contributed by atoms with Crippen molar-refractivity contribution in [1.82, 2.24) is 15.2 Å². The number of amides is 1. The molecule has 3 aromatic rings. The molecule has 4 rings (SSSR count). The summed E-state index contributed by atoms with van der Waals surface area (Å²) in [5.41, 5.74) is 2.37. The first-order valence-corrected chi connectivity index (χ1v) is 9.45. The summed E-state index contributed by atoms with van der Waals surface area (Å²) >= 11 is 0. The van der Waals surface area contributed by atoms with Gasteiger partial charge in [0.2, 0.25) is 5.76 Å². The van der Waals surface area contributed by atoms with Gasteiger partial charge in [0.25, 0.3) is 5.91 Å². The molecule has 146 valence electrons. The SMILES string of the molecule is COc1ccc(-c2cc(C(=O)N3CCC[C@H]3c3cc(C(C)C)no3)on2)cc1. The summed E-state index contributed by atoms with van der Waals surface area (Å²) in [6, 6.07) is 11.0. The Morgan fingerprint density at radius 1 is 1.18 bits per heavy atom. The highest BCUT2D eigenvalue weighted by atomic mass is 16.5. The molecule has 7 nitrogen and oxygen atoms in total. The van der Waals surface area contributed by atoms with E-state index in [0.717, 1.165) is 35.6 Å². The molecule has 1 saturated heterocycles. The van der Waals surface area contributed by atoms with Crippen molar-refractivity contribution in [3.05, 3.63) is 53.6 Å². The standard InChI is InChI=1S/C21H23N3O4/c1-13(2)16-11-19(27-22-16)18-5-4-10-24(18)21(25)20-12-17(23-28-20)14-6-8-15(26-3)9-7-14/h6-9,11-13,18H,4-5,10H2,1-3H3/t18-/m0/s1. The number of methoxy groups -OCH3 is 1. The van der Waals surface area contributed by atoms with Crippen molar-refractivity contribution in [2.24, 2.45) is 0 Å². The number of benzene rings is 1. The van der Waals surface area contributed by atoms with Crippen LogP contribution in [0.5, 0.6) is 5.75 Å². The van der Waals surface area contributed by atoms with Crippen LogP contribution in [0.2, 0.25) is 0 Å². The van der Waals surface area contributed by atoms with Crippen LogP contribution in [0.15, 0.2) is 45.4 Å². The molecule has 0 N–H and O–H groups in total. The van der Waals surface area contributed by atoms with E-state index in [1.807, 2.05) is 30.3 Å². The molecule has 1 aliphatic heterocycles. The van der Waals surface area contributed by atoms with E-state index in [1.165, 1.54) is 0 Å². The molecule has 0 unspecified atom stereocenters. The van der Waals surface area contributed by atoms with Gasteiger partial charge in [0, 0.05) is 24.2 Å². The smallest absolute Gasteiger partial charge is 0.293 e. The lowest BCUT2D eigenvalue weighted by Gasteiger charge is -2.21. The Labute approximate surface area is 163 Å². The fourth-order valence-electron chi connectivity index (χ4n) is 3.45. The Kier molecular flexibility index (Phi) is 4.90. The fraction of sp³-hybridized carbons (Fsp3) is 0.381. The molecule has 7 heteroatoms. The number of carbonyl (C=O) groups excluding carboxylic acids is 1. The molecule has 0 aliphatic carbocycles. The lowest BCUT2D eigenvalue weighted by atomic mass is 10.1. The number of hydrogen-bond acceptors (Lipinski definition) is 6. The predicted octanol–water partition coefficient (Wildman–Crippen LogP) is 4.44. The number of hydrogen-bond donors (Lipinski definition) is 0. The fourth-order valence-corrected chi connectivity index (χ4v) is 3.45. The van der Waals surface area contributed by atoms with Crippen LogP contribution >= 0.6 is 0 Å². The van der Waals surface area contributed by atoms with E-state index < -0.39 is 0 Å². The number of likely N-dealkylation sites (tertiary alicyclic amines) is 1. The zero-order chi connectivity index (χ0) is 19.7. The van der Waals surface area contributed by atoms with Crippen molar-refractivity contribution in [3.63, 3.8) is 0 Å². The van der Waals surface area contributed by atoms with E-state index >= 15 is 0 Å². The van der Waals surface area contributed by atoms with Crippen LogP contribution in [-0.2, 0) is 0 Å². The Morgan fingerprint density at radius 3 is 2.64 bits per heavy atom. The monoisotopic (exact) mass is 381 g/mol. The molecule has 28 heavy (non-hydrogen) atoms. The molecule has 2 aromatic heterocycles. The highest BCUT2D eigenvalue weighted by molar-refractivity contribution is 5.92. The molecule has 3 heterocycles. The first-order chi connectivity index (χ1) is 13.6. The molecule has 1 aromatic carbocycles. The first kappa shape index (κ1) is 18.3. The van der Waals surface area contributed by atoms with Crippen molar-refractivity contribution in [2.75, 3.05) is 13.7 Å². The number of carbonyl (C=O) groups is 1. The molecule has 0 radical (unpaired) electrons. The molecule has 0 spiro atoms. The van der Waals surface area contributed by atoms with Gasteiger partial charge in [-0.2, -0.15) is 0 Å². The molecular formula is C21H23N3O4. The van der Waals surface area contributed by atoms with Gasteiger partial charge in [-0.1, -0.05) is 24.2 Å². The summed E-state index contributed by atoms with van der Waals surface area (Å²) < 4.78 is 16.0. The van der Waals surface area contributed by atoms with Crippen molar-refractivity contribution in [1.29, 1.82) is 0 Å². The normalized spacial score (nSPS) is 16.7. The second-order valence-corrected chi connectivity index (χ2v) is 7.27. The number of aromatic nitrogens is 2. The Morgan fingerprint density at radius 2 is 1.96 bits per heavy atom. The molecule has 1 fully saturated rings. The summed E-state index contributed by atoms with van der Waals surface area (Å²) in [6.07, 6.45) is 1.76. The van der Waals surface area contributed by atoms with Crippen LogP contribution in [0.25, 0.3) is 11.3 Å². The van der Waals surface area contributed by atoms with E-state index in [2.05, 4.69) is 24.2 Å². The van der Waals surface area contributed by atoms with Gasteiger partial charge in [-0.3, -0.25) is 4.79 Å². The average molecular weight is 381 g/mol. The minimum absolute atomic E-state index is 0.123. The summed E-state index contributed by atoms with van der Waals surface area (Å²) in [4.78, 5) is 14.8. The van der Waals surface area contributed by atoms with Gasteiger partial charge in [0.1, 0.15) is 11.4 Å². The summed E-state index contributed by atoms with van der Waals surface area (Å²) in [5, 5.41) is 8.19. The van der Waals surface area contributed by atoms with E-state index in [1.54, 1.807) is 18.1 Å². The van der Waals surface area contributed by atoms with E-state index in [9.17, 15) is 4.79 Å². The zero-order valence-corrected chi connectivity index (χ0v) is 16.2. The maximum absolute atomic E-state index is 13.0. The van der Waals surface area contributed by atoms with Crippen LogP contribution in [0.3, 0.4) is 0 Å². The van der Waals surface area contributed by atoms with Gasteiger partial charge < -0.3 is 18.7 Å². The maximum Gasteiger partial charge on any atom is 0.293 e. The number of rotatable bonds is 5. The second kappa shape index (κ2) is 7.50. The third-order valence-electron chi connectivity index (χ3n) is 5.09. The molecule has 1 amide bonds. The zero-order valence-electron chi connectivity index (χ0n) is 16.2. The van der Waals surface area contributed by atoms with Gasteiger partial charge in [-0.05, 0) is 43.0 Å². The number of ether oxygens (including phenoxy) is 1. The lowest BCUT2D eigenvalue weighted by Crippen LogP contribution is -2.30. The van der Waals surface area contributed by atoms with Crippen LogP contribution < -0.4 is 4.74 Å². The van der Waals surface area contributed by atoms with Gasteiger partial charge >= 0.3 is 0 Å². The molecule has 1 aliphatic rings. The van der Waals surface area contributed by atoms with E-state index in [4.69, 9.17) is 13.8 Å². The topological polar surface area (TPSA) is 81.6 Å². The lowest BCUT2D eigenvalue weighted by molar-refractivity contribution is 0.0672. The van der Waals surface area contributed by atoms with Crippen molar-refractivity contribution in [3.8, 4) is 17.0 Å². The van der Waals surface area contributed by atoms with Crippen LogP contribution in [0.1, 0.15) is 60.7 Å². The van der Waals surface area contributed by atoms with Crippen molar-refractivity contribution >= 4 is 5.91 Å². The van der Waals surface area contributed by atoms with Gasteiger partial charge in [-0.25, -0.2) is 0 Å². The van der Waals surface area contributed by atoms with E-state index in [-0.39, 0.29) is 23.6 Å². The Balaban J connectivity index is 1.54. The molecule has 1 atom stereocenters. The second-order valence-electron chi connectivity index (χ2n) is 7.27. The van der Waals surface area contributed by atoms with Crippen molar-refractivity contribution in [2.45, 2.75) is 38.6 Å². The quantitative estimate of drug-likeness (QED) is 0.650. The minimum Gasteiger partial charge on any atom is -0.497 e. The molecule has 0 saturated carbocycles. The van der Waals surface area contributed by atoms with Crippen LogP contribution in [0.4, 0.5) is 0 Å². The highest BCUT2D eigenvalue weighted by Gasteiger charge is 2.35. The summed E-state index contributed by atoms with van der Waals surface area (Å²) in [7, 11) is 1.62. The number of nitrogens with zero attached hydrogens (tertiary/aromatic N) is 3. The third-order valence-corrected chi connectivity index (χ3v) is 5.09. The van der Waals surface area contributed by atoms with Crippen LogP contribution in [0, 0.1) is 0 Å². The largest absolute Gasteiger partial charge is 0.497 e. The predicted molar refractivity (Wildman–Crippen MR) is 102 cm³/mol. The first-order valence-electron chi connectivity index (χ1n) is 9.45. The average Bonchev–Trinajstić information content (AvgIpc) is 3.47. The van der Waals surface area contributed by atoms with E-state index in [0.29, 0.717) is 12.2 Å². The highest BCUT2D eigenvalue weighted by Crippen LogP contribution is 2.35. The Bertz CT molecular complexity index is 958. The van der Waals surface area contributed by atoms with Gasteiger partial charge in [0.15, 0.2) is 5.76 Å². The van der Waals surface area contributed by atoms with Crippen LogP contribution in [-0.4, -0.2) is 34.8 Å². The molecule has 0 bridgehead atoms. The summed E-state index contributed by atoms with van der Waals surface area (Å²) in [6.45, 7) is 4.78.